The highest BCUT2D eigenvalue weighted by Crippen LogP contribution is 2.66. The van der Waals surface area contributed by atoms with Crippen molar-refractivity contribution in [3.8, 4) is 0 Å². The van der Waals surface area contributed by atoms with Crippen molar-refractivity contribution in [2.24, 2.45) is 58.7 Å². The van der Waals surface area contributed by atoms with Gasteiger partial charge in [-0.15, -0.1) is 0 Å². The van der Waals surface area contributed by atoms with Crippen LogP contribution in [0.2, 0.25) is 0 Å². The van der Waals surface area contributed by atoms with E-state index in [2.05, 4.69) is 44.0 Å². The van der Waals surface area contributed by atoms with Gasteiger partial charge in [-0.2, -0.15) is 13.1 Å². The normalized spacial score (nSPS) is 40.6. The van der Waals surface area contributed by atoms with E-state index in [9.17, 15) is 18.8 Å². The molecule has 0 amide bonds. The summed E-state index contributed by atoms with van der Waals surface area (Å²) in [5, 5.41) is 8.87. The summed E-state index contributed by atoms with van der Waals surface area (Å²) in [7, 11) is 0. The fourth-order valence-corrected chi connectivity index (χ4v) is 9.99. The lowest BCUT2D eigenvalue weighted by atomic mass is 9.47. The number of ether oxygens (including phenoxy) is 1. The van der Waals surface area contributed by atoms with Gasteiger partial charge in [-0.25, -0.2) is 4.79 Å². The Morgan fingerprint density at radius 1 is 1.08 bits per heavy atom. The van der Waals surface area contributed by atoms with Gasteiger partial charge in [0, 0.05) is 0 Å². The van der Waals surface area contributed by atoms with Crippen LogP contribution in [0.4, 0.5) is 8.78 Å². The predicted octanol–water partition coefficient (Wildman–Crippen LogP) is 7.34. The average Bonchev–Trinajstić information content (AvgIpc) is 3.19. The van der Waals surface area contributed by atoms with Crippen LogP contribution >= 0.6 is 12.0 Å². The molecule has 10 atom stereocenters. The first kappa shape index (κ1) is 29.5. The number of halogens is 2. The number of carbonyl (C=O) groups excluding carboxylic acids is 1. The van der Waals surface area contributed by atoms with E-state index in [4.69, 9.17) is 4.74 Å². The number of hydrogen-bond acceptors (Lipinski definition) is 6. The van der Waals surface area contributed by atoms with Crippen LogP contribution in [0.3, 0.4) is 0 Å². The molecule has 0 spiro atoms. The van der Waals surface area contributed by atoms with E-state index < -0.39 is 29.4 Å². The number of carbonyl (C=O) groups is 1. The van der Waals surface area contributed by atoms with Gasteiger partial charge < -0.3 is 9.99 Å². The summed E-state index contributed by atoms with van der Waals surface area (Å²) >= 11 is -0.613. The summed E-state index contributed by atoms with van der Waals surface area (Å²) in [4.78, 5) is 12.0. The maximum absolute atomic E-state index is 13.9. The first-order valence-electron chi connectivity index (χ1n) is 14.7. The Bertz CT molecular complexity index is 781. The van der Waals surface area contributed by atoms with Gasteiger partial charge in [0.2, 0.25) is 0 Å². The molecule has 4 aliphatic rings. The molecule has 4 saturated carbocycles. The Balaban J connectivity index is 1.37. The van der Waals surface area contributed by atoms with Crippen LogP contribution in [0, 0.1) is 58.7 Å². The van der Waals surface area contributed by atoms with E-state index in [1.54, 1.807) is 0 Å². The second kappa shape index (κ2) is 12.0. The van der Waals surface area contributed by atoms with Crippen molar-refractivity contribution in [3.63, 3.8) is 0 Å². The van der Waals surface area contributed by atoms with Gasteiger partial charge >= 0.3 is 11.2 Å². The first-order chi connectivity index (χ1) is 17.5. The number of alkyl halides is 2. The Kier molecular flexibility index (Phi) is 9.56. The van der Waals surface area contributed by atoms with Crippen LogP contribution in [0.15, 0.2) is 0 Å². The second-order valence-corrected chi connectivity index (χ2v) is 14.4. The molecule has 0 aromatic rings. The van der Waals surface area contributed by atoms with Crippen LogP contribution in [-0.2, 0) is 18.9 Å². The van der Waals surface area contributed by atoms with Crippen molar-refractivity contribution >= 4 is 18.0 Å². The third-order valence-electron chi connectivity index (χ3n) is 11.1. The molecule has 0 heterocycles. The van der Waals surface area contributed by atoms with Crippen LogP contribution < -0.4 is 5.26 Å². The largest absolute Gasteiger partial charge is 0.691 e. The zero-order chi connectivity index (χ0) is 27.0. The van der Waals surface area contributed by atoms with E-state index in [1.807, 2.05) is 0 Å². The minimum Gasteiger partial charge on any atom is -0.691 e. The minimum atomic E-state index is -3.97. The van der Waals surface area contributed by atoms with Gasteiger partial charge in [0.25, 0.3) is 0 Å². The van der Waals surface area contributed by atoms with E-state index in [0.717, 1.165) is 36.0 Å². The zero-order valence-corrected chi connectivity index (χ0v) is 24.1. The fraction of sp³-hybridized carbons (Fsp3) is 0.966. The van der Waals surface area contributed by atoms with Gasteiger partial charge in [-0.1, -0.05) is 53.9 Å². The minimum absolute atomic E-state index is 0.336. The average molecular weight is 546 g/mol. The maximum atomic E-state index is 13.9. The highest BCUT2D eigenvalue weighted by molar-refractivity contribution is 7.96. The van der Waals surface area contributed by atoms with Crippen LogP contribution in [0.5, 0.6) is 0 Å². The summed E-state index contributed by atoms with van der Waals surface area (Å²) in [6, 6.07) is 0. The Morgan fingerprint density at radius 2 is 1.84 bits per heavy atom. The SMILES string of the molecule is CC(C)CCCC(C)C1CCC2C3CCC4CC(OC(=O)C(F)(F)SOO[O-])CC(C)C4C3CCC12C. The van der Waals surface area contributed by atoms with Crippen LogP contribution in [-0.4, -0.2) is 17.3 Å². The smallest absolute Gasteiger partial charge is 0.415 e. The molecule has 214 valence electrons. The molecule has 4 fully saturated rings. The van der Waals surface area contributed by atoms with Gasteiger partial charge in [-0.3, -0.25) is 5.04 Å². The zero-order valence-electron chi connectivity index (χ0n) is 23.3. The number of hydrogen-bond donors (Lipinski definition) is 0. The molecule has 4 rings (SSSR count). The van der Waals surface area contributed by atoms with E-state index in [0.29, 0.717) is 41.9 Å². The monoisotopic (exact) mass is 545 g/mol. The number of rotatable bonds is 10. The fourth-order valence-electron chi connectivity index (χ4n) is 9.76. The van der Waals surface area contributed by atoms with Crippen molar-refractivity contribution in [2.45, 2.75) is 117 Å². The molecule has 0 aliphatic heterocycles. The third-order valence-corrected chi connectivity index (χ3v) is 11.6. The number of fused-ring (bicyclic) bond motifs is 5. The predicted molar refractivity (Wildman–Crippen MR) is 138 cm³/mol. The molecule has 4 aliphatic carbocycles. The van der Waals surface area contributed by atoms with Crippen molar-refractivity contribution in [1.82, 2.24) is 0 Å². The van der Waals surface area contributed by atoms with Crippen molar-refractivity contribution in [2.75, 3.05) is 0 Å². The van der Waals surface area contributed by atoms with Gasteiger partial charge in [-0.05, 0) is 110 Å². The first-order valence-corrected chi connectivity index (χ1v) is 15.4. The highest BCUT2D eigenvalue weighted by atomic mass is 32.2. The second-order valence-electron chi connectivity index (χ2n) is 13.6. The molecule has 10 unspecified atom stereocenters. The summed E-state index contributed by atoms with van der Waals surface area (Å²) in [5.74, 6) is 4.40. The lowest BCUT2D eigenvalue weighted by Gasteiger charge is -2.58. The molecule has 5 nitrogen and oxygen atoms in total. The molecule has 0 N–H and O–H groups in total. The quantitative estimate of drug-likeness (QED) is 0.124. The molecular formula is C29H47F2O5S-. The molecular weight excluding hydrogens is 498 g/mol. The lowest BCUT2D eigenvalue weighted by molar-refractivity contribution is -0.777. The summed E-state index contributed by atoms with van der Waals surface area (Å²) < 4.78 is 36.7. The van der Waals surface area contributed by atoms with Crippen molar-refractivity contribution < 1.29 is 32.9 Å². The van der Waals surface area contributed by atoms with E-state index in [-0.39, 0.29) is 0 Å². The molecule has 0 aromatic heterocycles. The summed E-state index contributed by atoms with van der Waals surface area (Å²) in [6.45, 7) is 12.0. The van der Waals surface area contributed by atoms with Crippen LogP contribution in [0.1, 0.15) is 105 Å². The Hall–Kier alpha value is -0.440. The van der Waals surface area contributed by atoms with Crippen molar-refractivity contribution in [3.05, 3.63) is 0 Å². The van der Waals surface area contributed by atoms with Crippen LogP contribution in [0.25, 0.3) is 0 Å². The third kappa shape index (κ3) is 6.17. The standard InChI is InChI=1S/C29H48F2O5S/c1-17(2)7-6-8-18(3)24-11-12-25-22-10-9-20-16-21(34-27(32)29(30,31)37-36-35-33)15-19(4)26(20)23(22)13-14-28(24,25)5/h17-26,33H,6-16H2,1-5H3/p-1. The number of esters is 1. The molecule has 0 bridgehead atoms. The summed E-state index contributed by atoms with van der Waals surface area (Å²) in [5.41, 5.74) is 0.459. The Morgan fingerprint density at radius 3 is 2.54 bits per heavy atom. The van der Waals surface area contributed by atoms with Gasteiger partial charge in [0.05, 0.1) is 0 Å². The van der Waals surface area contributed by atoms with Crippen molar-refractivity contribution in [1.29, 1.82) is 0 Å². The molecule has 8 heteroatoms. The molecule has 0 saturated heterocycles. The topological polar surface area (TPSA) is 67.8 Å². The maximum Gasteiger partial charge on any atom is 0.415 e. The highest BCUT2D eigenvalue weighted by Gasteiger charge is 2.58. The molecule has 37 heavy (non-hydrogen) atoms. The van der Waals surface area contributed by atoms with E-state index in [1.165, 1.54) is 51.4 Å². The molecule has 0 radical (unpaired) electrons. The molecule has 0 aromatic carbocycles. The van der Waals surface area contributed by atoms with Gasteiger partial charge in [0.1, 0.15) is 18.1 Å². The van der Waals surface area contributed by atoms with Gasteiger partial charge in [0.15, 0.2) is 0 Å². The summed E-state index contributed by atoms with van der Waals surface area (Å²) in [6.07, 6.45) is 12.4. The van der Waals surface area contributed by atoms with E-state index >= 15 is 0 Å². The lowest BCUT2D eigenvalue weighted by Crippen LogP contribution is -2.52. The Labute approximate surface area is 226 Å².